The lowest BCUT2D eigenvalue weighted by molar-refractivity contribution is 0.0289. The van der Waals surface area contributed by atoms with E-state index >= 15 is 4.39 Å². The summed E-state index contributed by atoms with van der Waals surface area (Å²) < 4.78 is 62.6. The summed E-state index contributed by atoms with van der Waals surface area (Å²) in [5, 5.41) is 10.6. The van der Waals surface area contributed by atoms with Gasteiger partial charge in [-0.25, -0.2) is 12.8 Å². The van der Waals surface area contributed by atoms with Crippen molar-refractivity contribution < 1.29 is 27.2 Å². The van der Waals surface area contributed by atoms with Gasteiger partial charge in [0.15, 0.2) is 16.5 Å². The molecular formula is C43H63FN4O5S2. The van der Waals surface area contributed by atoms with E-state index in [1.54, 1.807) is 24.5 Å². The van der Waals surface area contributed by atoms with Gasteiger partial charge in [-0.1, -0.05) is 64.7 Å². The van der Waals surface area contributed by atoms with Crippen LogP contribution in [0.3, 0.4) is 0 Å². The number of sulfone groups is 1. The zero-order chi connectivity index (χ0) is 38.8. The van der Waals surface area contributed by atoms with E-state index in [0.29, 0.717) is 53.3 Å². The van der Waals surface area contributed by atoms with Crippen molar-refractivity contribution in [2.75, 3.05) is 57.0 Å². The first kappa shape index (κ1) is 42.1. The van der Waals surface area contributed by atoms with Crippen molar-refractivity contribution in [2.45, 2.75) is 143 Å². The Morgan fingerprint density at radius 2 is 1.40 bits per heavy atom. The molecule has 0 aliphatic carbocycles. The molecule has 0 bridgehead atoms. The molecule has 3 aromatic rings. The van der Waals surface area contributed by atoms with Crippen LogP contribution in [-0.2, 0) is 21.0 Å². The van der Waals surface area contributed by atoms with Crippen molar-refractivity contribution in [3.8, 4) is 5.75 Å². The van der Waals surface area contributed by atoms with E-state index in [4.69, 9.17) is 4.74 Å². The topological polar surface area (TPSA) is 109 Å². The molecule has 0 saturated carbocycles. The molecule has 0 spiro atoms. The average molecular weight is 799 g/mol. The summed E-state index contributed by atoms with van der Waals surface area (Å²) in [5.41, 5.74) is 1.17. The van der Waals surface area contributed by atoms with E-state index in [-0.39, 0.29) is 21.6 Å². The lowest BCUT2D eigenvalue weighted by Gasteiger charge is -2.45. The fourth-order valence-electron chi connectivity index (χ4n) is 8.83. The molecule has 9 nitrogen and oxygen atoms in total. The van der Waals surface area contributed by atoms with Crippen LogP contribution in [-0.4, -0.2) is 103 Å². The summed E-state index contributed by atoms with van der Waals surface area (Å²) in [6, 6.07) is 10.3. The number of hydrogen-bond donors (Lipinski definition) is 1. The van der Waals surface area contributed by atoms with Gasteiger partial charge in [0.05, 0.1) is 28.8 Å². The first-order valence-corrected chi connectivity index (χ1v) is 24.0. The predicted molar refractivity (Wildman–Crippen MR) is 220 cm³/mol. The Hall–Kier alpha value is -2.48. The molecule has 1 unspecified atom stereocenters. The van der Waals surface area contributed by atoms with Gasteiger partial charge in [-0.2, -0.15) is 0 Å². The van der Waals surface area contributed by atoms with Gasteiger partial charge in [-0.05, 0) is 99.5 Å². The number of aliphatic hydroxyl groups is 1. The van der Waals surface area contributed by atoms with Crippen molar-refractivity contribution >= 4 is 37.6 Å². The van der Waals surface area contributed by atoms with Crippen molar-refractivity contribution in [3.63, 3.8) is 0 Å². The van der Waals surface area contributed by atoms with Crippen LogP contribution in [0.25, 0.3) is 10.9 Å². The number of fused-ring (bicyclic) bond motifs is 1. The second kappa shape index (κ2) is 20.3. The third-order valence-corrected chi connectivity index (χ3v) is 14.8. The average Bonchev–Trinajstić information content (AvgIpc) is 3.20. The molecule has 0 radical (unpaired) electrons. The molecule has 304 valence electrons. The van der Waals surface area contributed by atoms with E-state index in [9.17, 15) is 18.1 Å². The fourth-order valence-corrected chi connectivity index (χ4v) is 10.8. The van der Waals surface area contributed by atoms with E-state index in [0.717, 1.165) is 90.0 Å². The number of pyridine rings is 1. The maximum Gasteiger partial charge on any atom is 0.210 e. The van der Waals surface area contributed by atoms with Crippen LogP contribution in [0.15, 0.2) is 57.3 Å². The lowest BCUT2D eigenvalue weighted by atomic mass is 9.95. The number of aliphatic hydroxyl groups excluding tert-OH is 1. The van der Waals surface area contributed by atoms with Gasteiger partial charge in [0.25, 0.3) is 0 Å². The largest absolute Gasteiger partial charge is 0.612 e. The first-order chi connectivity index (χ1) is 26.7. The normalized spacial score (nSPS) is 19.3. The SMILES string of the molecule is CCCCCCCCCCCCOc1ccc(S(=O)(=O)c2cnc3ccc([S+](C)[O-])cc3c2N2CCC(N3CCC(N4CCC(O)CC4)CC3)CC2)cc1F. The molecule has 1 aromatic heterocycles. The zero-order valence-electron chi connectivity index (χ0n) is 33.1. The molecule has 4 heterocycles. The van der Waals surface area contributed by atoms with Gasteiger partial charge in [-0.15, -0.1) is 0 Å². The first-order valence-electron chi connectivity index (χ1n) is 21.0. The van der Waals surface area contributed by atoms with Crippen LogP contribution in [0.2, 0.25) is 0 Å². The van der Waals surface area contributed by atoms with Crippen LogP contribution in [0, 0.1) is 5.82 Å². The van der Waals surface area contributed by atoms with Gasteiger partial charge in [0.1, 0.15) is 11.2 Å². The number of ether oxygens (including phenoxy) is 1. The number of rotatable bonds is 18. The molecular weight excluding hydrogens is 736 g/mol. The molecule has 3 saturated heterocycles. The summed E-state index contributed by atoms with van der Waals surface area (Å²) in [5.74, 6) is -0.641. The van der Waals surface area contributed by atoms with E-state index in [1.807, 2.05) is 0 Å². The molecule has 0 amide bonds. The van der Waals surface area contributed by atoms with Crippen molar-refractivity contribution in [3.05, 3.63) is 48.4 Å². The Balaban J connectivity index is 1.11. The maximum atomic E-state index is 15.4. The van der Waals surface area contributed by atoms with Gasteiger partial charge in [-0.3, -0.25) is 4.98 Å². The van der Waals surface area contributed by atoms with Gasteiger partial charge in [0.2, 0.25) is 9.84 Å². The predicted octanol–water partition coefficient (Wildman–Crippen LogP) is 8.13. The summed E-state index contributed by atoms with van der Waals surface area (Å²) in [6.07, 6.45) is 20.6. The third-order valence-electron chi connectivity index (χ3n) is 12.2. The summed E-state index contributed by atoms with van der Waals surface area (Å²) in [6.45, 7) is 7.99. The quantitative estimate of drug-likeness (QED) is 0.101. The molecule has 3 aliphatic rings. The fraction of sp³-hybridized carbons (Fsp3) is 0.651. The van der Waals surface area contributed by atoms with Crippen LogP contribution < -0.4 is 9.64 Å². The molecule has 2 aromatic carbocycles. The monoisotopic (exact) mass is 798 g/mol. The van der Waals surface area contributed by atoms with E-state index in [1.165, 1.54) is 63.3 Å². The number of unbranched alkanes of at least 4 members (excludes halogenated alkanes) is 9. The highest BCUT2D eigenvalue weighted by Gasteiger charge is 2.34. The number of likely N-dealkylation sites (tertiary alicyclic amines) is 2. The molecule has 6 rings (SSSR count). The van der Waals surface area contributed by atoms with Crippen molar-refractivity contribution in [2.24, 2.45) is 0 Å². The second-order valence-corrected chi connectivity index (χ2v) is 19.3. The van der Waals surface area contributed by atoms with Crippen LogP contribution in [0.1, 0.15) is 110 Å². The van der Waals surface area contributed by atoms with E-state index in [2.05, 4.69) is 26.6 Å². The Kier molecular flexibility index (Phi) is 15.5. The summed E-state index contributed by atoms with van der Waals surface area (Å²) >= 11 is -1.27. The summed E-state index contributed by atoms with van der Waals surface area (Å²) in [4.78, 5) is 12.3. The van der Waals surface area contributed by atoms with Gasteiger partial charge >= 0.3 is 0 Å². The van der Waals surface area contributed by atoms with Crippen LogP contribution in [0.4, 0.5) is 10.1 Å². The smallest absolute Gasteiger partial charge is 0.210 e. The Labute approximate surface area is 332 Å². The third kappa shape index (κ3) is 10.9. The zero-order valence-corrected chi connectivity index (χ0v) is 34.7. The number of halogens is 1. The number of anilines is 1. The van der Waals surface area contributed by atoms with Crippen molar-refractivity contribution in [1.29, 1.82) is 0 Å². The highest BCUT2D eigenvalue weighted by molar-refractivity contribution is 7.91. The summed E-state index contributed by atoms with van der Waals surface area (Å²) in [7, 11) is -4.19. The van der Waals surface area contributed by atoms with Crippen LogP contribution in [0.5, 0.6) is 5.75 Å². The van der Waals surface area contributed by atoms with Gasteiger partial charge in [0, 0.05) is 55.9 Å². The number of aromatic nitrogens is 1. The molecule has 1 atom stereocenters. The minimum Gasteiger partial charge on any atom is -0.612 e. The minimum absolute atomic E-state index is 0.0309. The Morgan fingerprint density at radius 1 is 0.818 bits per heavy atom. The van der Waals surface area contributed by atoms with E-state index < -0.39 is 26.8 Å². The van der Waals surface area contributed by atoms with Gasteiger partial charge < -0.3 is 29.1 Å². The molecule has 55 heavy (non-hydrogen) atoms. The lowest BCUT2D eigenvalue weighted by Crippen LogP contribution is -2.52. The standard InChI is InChI=1S/C43H63FN4O5S2/c1-3-4-5-6-7-8-9-10-11-12-29-53-41-16-14-37(31-39(41)44)55(51,52)42-32-45-40-15-13-36(54(2)50)30-38(40)43(42)48-25-19-34(20-26-48)46-23-17-33(18-24-46)47-27-21-35(49)22-28-47/h13-16,30-35,49H,3-12,17-29H2,1-2H3. The molecule has 1 N–H and O–H groups in total. The number of piperidine rings is 3. The Bertz CT molecular complexity index is 1770. The number of benzene rings is 2. The second-order valence-electron chi connectivity index (χ2n) is 16.0. The number of nitrogens with zero attached hydrogens (tertiary/aromatic N) is 4. The Morgan fingerprint density at radius 3 is 2.00 bits per heavy atom. The highest BCUT2D eigenvalue weighted by atomic mass is 32.2. The van der Waals surface area contributed by atoms with Crippen molar-refractivity contribution in [1.82, 2.24) is 14.8 Å². The minimum atomic E-state index is -4.19. The van der Waals surface area contributed by atoms with Crippen LogP contribution >= 0.6 is 0 Å². The molecule has 3 fully saturated rings. The molecule has 3 aliphatic heterocycles. The molecule has 12 heteroatoms. The highest BCUT2D eigenvalue weighted by Crippen LogP contribution is 2.39. The number of hydrogen-bond acceptors (Lipinski definition) is 9. The maximum absolute atomic E-state index is 15.4.